The van der Waals surface area contributed by atoms with Crippen molar-refractivity contribution in [2.75, 3.05) is 268 Å². The molecule has 576 valence electrons. The van der Waals surface area contributed by atoms with Crippen LogP contribution in [-0.4, -0.2) is 333 Å². The Morgan fingerprint density at radius 3 is 0.312 bits per heavy atom. The molecule has 0 aromatic rings. The standard InChI is InChI=1S/8C8H18NO.4BFO2/c8*1-3-10-8-9(2)6-4-5-7-9;4*2-1(3)4/h8*3-8H2,1-2H3;;;;/q8*+1;4*-2. The molecule has 0 atom stereocenters. The Bertz CT molecular complexity index is 1320. The van der Waals surface area contributed by atoms with Crippen LogP contribution in [0.2, 0.25) is 0 Å². The van der Waals surface area contributed by atoms with Crippen LogP contribution in [0.4, 0.5) is 17.3 Å². The van der Waals surface area contributed by atoms with Crippen molar-refractivity contribution in [3.8, 4) is 0 Å². The molecule has 96 heavy (non-hydrogen) atoms. The summed E-state index contributed by atoms with van der Waals surface area (Å²) in [4.78, 5) is 0. The van der Waals surface area contributed by atoms with Gasteiger partial charge in [-0.25, -0.2) is 0 Å². The second-order valence-corrected chi connectivity index (χ2v) is 28.3. The molecule has 0 radical (unpaired) electrons. The molecule has 8 aliphatic rings. The second kappa shape index (κ2) is 61.5. The largest absolute Gasteiger partial charge is 0.867 e. The van der Waals surface area contributed by atoms with Crippen LogP contribution in [0.15, 0.2) is 0 Å². The number of quaternary nitrogens is 8. The Morgan fingerprint density at radius 2 is 0.260 bits per heavy atom. The SMILES string of the molecule is CCOC[N+]1(C)CCCC1.CCOC[N+]1(C)CCCC1.CCOC[N+]1(C)CCCC1.CCOC[N+]1(C)CCCC1.CCOC[N+]1(C)CCCC1.CCOC[N+]1(C)CCCC1.CCOC[N+]1(C)CCCC1.CCOC[N+]1(C)CCCC1.[O-]B([O-])F.[O-]B([O-])F.[O-]B([O-])F.[O-]B([O-])F. The normalized spacial score (nSPS) is 20.6. The maximum Gasteiger partial charge on any atom is 0.182 e. The van der Waals surface area contributed by atoms with Gasteiger partial charge >= 0.3 is 0 Å². The summed E-state index contributed by atoms with van der Waals surface area (Å²) < 4.78 is 91.8. The third kappa shape index (κ3) is 63.9. The summed E-state index contributed by atoms with van der Waals surface area (Å²) >= 11 is 0. The van der Waals surface area contributed by atoms with Gasteiger partial charge in [-0.15, -0.1) is 0 Å². The lowest BCUT2D eigenvalue weighted by atomic mass is 10.3. The Labute approximate surface area is 584 Å². The monoisotopic (exact) mass is 1400 g/mol. The van der Waals surface area contributed by atoms with Crippen LogP contribution in [0.3, 0.4) is 0 Å². The number of rotatable bonds is 24. The van der Waals surface area contributed by atoms with Crippen molar-refractivity contribution in [2.24, 2.45) is 0 Å². The number of hydrogen-bond acceptors (Lipinski definition) is 16. The van der Waals surface area contributed by atoms with Crippen molar-refractivity contribution < 1.29 is 131 Å². The Kier molecular flexibility index (Phi) is 64.9. The van der Waals surface area contributed by atoms with Crippen LogP contribution in [0.1, 0.15) is 158 Å². The molecule has 8 fully saturated rings. The van der Waals surface area contributed by atoms with Crippen molar-refractivity contribution in [2.45, 2.75) is 158 Å². The highest BCUT2D eigenvalue weighted by Crippen LogP contribution is 2.21. The minimum Gasteiger partial charge on any atom is -0.867 e. The maximum absolute atomic E-state index is 9.89. The Morgan fingerprint density at radius 1 is 0.198 bits per heavy atom. The molecule has 0 spiro atoms. The van der Waals surface area contributed by atoms with Gasteiger partial charge in [0.15, 0.2) is 53.8 Å². The lowest BCUT2D eigenvalue weighted by Crippen LogP contribution is -2.42. The number of hydrogen-bond donors (Lipinski definition) is 0. The van der Waals surface area contributed by atoms with Crippen molar-refractivity contribution in [1.82, 2.24) is 0 Å². The van der Waals surface area contributed by atoms with Gasteiger partial charge in [0.05, 0.1) is 161 Å². The lowest BCUT2D eigenvalue weighted by Gasteiger charge is -2.27. The molecule has 8 saturated heterocycles. The molecule has 0 aromatic carbocycles. The molecule has 0 amide bonds. The van der Waals surface area contributed by atoms with Gasteiger partial charge in [-0.1, -0.05) is 0 Å². The number of likely N-dealkylation sites (tertiary alicyclic amines) is 8. The summed E-state index contributed by atoms with van der Waals surface area (Å²) in [5.41, 5.74) is 0. The van der Waals surface area contributed by atoms with E-state index in [1.54, 1.807) is 0 Å². The van der Waals surface area contributed by atoms with E-state index < -0.39 is 29.6 Å². The van der Waals surface area contributed by atoms with Crippen LogP contribution >= 0.6 is 0 Å². The molecular weight excluding hydrogens is 1260 g/mol. The fourth-order valence-electron chi connectivity index (χ4n) is 12.3. The van der Waals surface area contributed by atoms with Crippen LogP contribution in [0.25, 0.3) is 0 Å². The van der Waals surface area contributed by atoms with E-state index in [0.717, 1.165) is 143 Å². The number of halogens is 4. The van der Waals surface area contributed by atoms with E-state index in [1.165, 1.54) is 207 Å². The van der Waals surface area contributed by atoms with Crippen molar-refractivity contribution in [3.63, 3.8) is 0 Å². The van der Waals surface area contributed by atoms with Crippen LogP contribution in [0, 0.1) is 0 Å². The lowest BCUT2D eigenvalue weighted by molar-refractivity contribution is -0.916. The molecule has 32 heteroatoms. The molecule has 0 aromatic heterocycles. The minimum absolute atomic E-state index is 0.855. The van der Waals surface area contributed by atoms with Gasteiger partial charge in [0.2, 0.25) is 0 Å². The van der Waals surface area contributed by atoms with E-state index in [9.17, 15) is 17.3 Å². The van der Waals surface area contributed by atoms with Gasteiger partial charge in [0, 0.05) is 156 Å². The highest BCUT2D eigenvalue weighted by atomic mass is 19.1. The second-order valence-electron chi connectivity index (χ2n) is 28.3. The summed E-state index contributed by atoms with van der Waals surface area (Å²) in [6.45, 7) is 51.5. The Hall–Kier alpha value is -0.980. The first-order chi connectivity index (χ1) is 45.1. The summed E-state index contributed by atoms with van der Waals surface area (Å²) in [6.07, 6.45) is 22.1. The van der Waals surface area contributed by atoms with E-state index >= 15 is 0 Å². The zero-order valence-corrected chi connectivity index (χ0v) is 63.9. The zero-order chi connectivity index (χ0) is 73.9. The quantitative estimate of drug-likeness (QED) is 0.0721. The summed E-state index contributed by atoms with van der Waals surface area (Å²) in [7, 11) is 5.58. The predicted octanol–water partition coefficient (Wildman–Crippen LogP) is 0.412. The first-order valence-electron chi connectivity index (χ1n) is 36.2. The highest BCUT2D eigenvalue weighted by molar-refractivity contribution is 6.27. The van der Waals surface area contributed by atoms with Gasteiger partial charge in [-0.3, -0.25) is 0 Å². The van der Waals surface area contributed by atoms with Crippen molar-refractivity contribution >= 4 is 29.6 Å². The van der Waals surface area contributed by atoms with E-state index in [-0.39, 0.29) is 0 Å². The predicted molar refractivity (Wildman–Crippen MR) is 361 cm³/mol. The van der Waals surface area contributed by atoms with E-state index in [4.69, 9.17) is 78.1 Å². The average molecular weight is 1400 g/mol. The van der Waals surface area contributed by atoms with Crippen LogP contribution in [-0.2, 0) is 37.9 Å². The summed E-state index contributed by atoms with van der Waals surface area (Å²) in [5.74, 6) is 0. The number of nitrogens with zero attached hydrogens (tertiary/aromatic N) is 8. The van der Waals surface area contributed by atoms with Gasteiger partial charge in [-0.05, 0) is 55.4 Å². The molecule has 0 saturated carbocycles. The third-order valence-corrected chi connectivity index (χ3v) is 18.0. The molecule has 8 aliphatic heterocycles. The van der Waals surface area contributed by atoms with Crippen LogP contribution < -0.4 is 40.2 Å². The minimum atomic E-state index is -3.17. The third-order valence-electron chi connectivity index (χ3n) is 18.0. The van der Waals surface area contributed by atoms with Gasteiger partial charge in [-0.2, -0.15) is 0 Å². The zero-order valence-electron chi connectivity index (χ0n) is 63.9. The van der Waals surface area contributed by atoms with Gasteiger partial charge < -0.3 is 131 Å². The molecule has 0 aliphatic carbocycles. The van der Waals surface area contributed by atoms with E-state index in [0.29, 0.717) is 0 Å². The molecule has 0 N–H and O–H groups in total. The number of ether oxygens (including phenoxy) is 8. The highest BCUT2D eigenvalue weighted by Gasteiger charge is 2.31. The van der Waals surface area contributed by atoms with E-state index in [1.807, 2.05) is 0 Å². The van der Waals surface area contributed by atoms with Crippen molar-refractivity contribution in [3.05, 3.63) is 0 Å². The van der Waals surface area contributed by atoms with Crippen molar-refractivity contribution in [1.29, 1.82) is 0 Å². The average Bonchev–Trinajstić information content (AvgIpc) is 3.01. The molecule has 8 heterocycles. The molecule has 0 bridgehead atoms. The Balaban J connectivity index is -0.000000488. The summed E-state index contributed by atoms with van der Waals surface area (Å²) in [6, 6.07) is 0. The van der Waals surface area contributed by atoms with Gasteiger partial charge in [0.25, 0.3) is 0 Å². The smallest absolute Gasteiger partial charge is 0.182 e. The maximum atomic E-state index is 9.89. The van der Waals surface area contributed by atoms with Gasteiger partial charge in [0.1, 0.15) is 29.6 Å². The first-order valence-corrected chi connectivity index (χ1v) is 36.2. The van der Waals surface area contributed by atoms with E-state index in [2.05, 4.69) is 112 Å². The topological polar surface area (TPSA) is 258 Å². The molecular formula is C64H144B4F4N8O16. The summed E-state index contributed by atoms with van der Waals surface area (Å²) in [5, 5.41) is 66.4. The fourth-order valence-corrected chi connectivity index (χ4v) is 12.3. The molecule has 24 nitrogen and oxygen atoms in total. The first kappa shape index (κ1) is 101. The fraction of sp³-hybridized carbons (Fsp3) is 1.00. The van der Waals surface area contributed by atoms with Crippen LogP contribution in [0.5, 0.6) is 0 Å². The molecule has 8 rings (SSSR count). The molecule has 0 unspecified atom stereocenters.